The Hall–Kier alpha value is -2.37. The SMILES string of the molecule is NCC(=O)Nc1ccc(Oc2ccc3c(c2)COC3)cc1. The zero-order valence-corrected chi connectivity index (χ0v) is 11.5. The van der Waals surface area contributed by atoms with Crippen molar-refractivity contribution in [1.82, 2.24) is 0 Å². The van der Waals surface area contributed by atoms with Crippen LogP contribution in [-0.2, 0) is 22.7 Å². The summed E-state index contributed by atoms with van der Waals surface area (Å²) in [6, 6.07) is 13.1. The van der Waals surface area contributed by atoms with Gasteiger partial charge in [-0.25, -0.2) is 0 Å². The Morgan fingerprint density at radius 3 is 2.57 bits per heavy atom. The molecule has 0 unspecified atom stereocenters. The second-order valence-corrected chi connectivity index (χ2v) is 4.80. The molecule has 0 aromatic heterocycles. The van der Waals surface area contributed by atoms with Gasteiger partial charge in [-0.3, -0.25) is 4.79 Å². The van der Waals surface area contributed by atoms with Crippen LogP contribution in [0.1, 0.15) is 11.1 Å². The van der Waals surface area contributed by atoms with Gasteiger partial charge in [-0.05, 0) is 47.5 Å². The van der Waals surface area contributed by atoms with Crippen molar-refractivity contribution in [3.63, 3.8) is 0 Å². The Bertz CT molecular complexity index is 653. The summed E-state index contributed by atoms with van der Waals surface area (Å²) in [6.07, 6.45) is 0. The Kier molecular flexibility index (Phi) is 3.85. The van der Waals surface area contributed by atoms with Crippen LogP contribution >= 0.6 is 0 Å². The summed E-state index contributed by atoms with van der Waals surface area (Å²) in [5.41, 5.74) is 8.32. The highest BCUT2D eigenvalue weighted by atomic mass is 16.5. The van der Waals surface area contributed by atoms with E-state index >= 15 is 0 Å². The minimum absolute atomic E-state index is 0.0323. The van der Waals surface area contributed by atoms with E-state index in [0.717, 1.165) is 5.75 Å². The molecule has 0 fully saturated rings. The quantitative estimate of drug-likeness (QED) is 0.904. The third-order valence-corrected chi connectivity index (χ3v) is 3.25. The van der Waals surface area contributed by atoms with Crippen molar-refractivity contribution in [2.75, 3.05) is 11.9 Å². The van der Waals surface area contributed by atoms with Crippen molar-refractivity contribution in [1.29, 1.82) is 0 Å². The number of hydrogen-bond donors (Lipinski definition) is 2. The molecule has 2 aromatic carbocycles. The second-order valence-electron chi connectivity index (χ2n) is 4.80. The summed E-state index contributed by atoms with van der Waals surface area (Å²) in [5.74, 6) is 1.26. The fraction of sp³-hybridized carbons (Fsp3) is 0.188. The minimum Gasteiger partial charge on any atom is -0.457 e. The van der Waals surface area contributed by atoms with Gasteiger partial charge in [0, 0.05) is 5.69 Å². The third-order valence-electron chi connectivity index (χ3n) is 3.25. The number of fused-ring (bicyclic) bond motifs is 1. The number of carbonyl (C=O) groups excluding carboxylic acids is 1. The van der Waals surface area contributed by atoms with Gasteiger partial charge >= 0.3 is 0 Å². The highest BCUT2D eigenvalue weighted by molar-refractivity contribution is 5.92. The monoisotopic (exact) mass is 284 g/mol. The maximum absolute atomic E-state index is 11.2. The van der Waals surface area contributed by atoms with Gasteiger partial charge in [0.1, 0.15) is 11.5 Å². The summed E-state index contributed by atoms with van der Waals surface area (Å²) in [7, 11) is 0. The van der Waals surface area contributed by atoms with Crippen LogP contribution in [0.25, 0.3) is 0 Å². The van der Waals surface area contributed by atoms with Gasteiger partial charge in [0.2, 0.25) is 5.91 Å². The molecule has 108 valence electrons. The van der Waals surface area contributed by atoms with Crippen LogP contribution in [0, 0.1) is 0 Å². The number of nitrogens with one attached hydrogen (secondary N) is 1. The van der Waals surface area contributed by atoms with E-state index in [4.69, 9.17) is 15.2 Å². The van der Waals surface area contributed by atoms with Gasteiger partial charge in [-0.15, -0.1) is 0 Å². The number of carbonyl (C=O) groups is 1. The number of rotatable bonds is 4. The van der Waals surface area contributed by atoms with E-state index in [2.05, 4.69) is 5.32 Å². The summed E-state index contributed by atoms with van der Waals surface area (Å²) in [5, 5.41) is 2.68. The van der Waals surface area contributed by atoms with Crippen molar-refractivity contribution in [2.45, 2.75) is 13.2 Å². The van der Waals surface area contributed by atoms with E-state index in [1.807, 2.05) is 18.2 Å². The van der Waals surface area contributed by atoms with E-state index in [1.165, 1.54) is 11.1 Å². The fourth-order valence-corrected chi connectivity index (χ4v) is 2.17. The molecule has 3 N–H and O–H groups in total. The third kappa shape index (κ3) is 3.21. The first kappa shape index (κ1) is 13.6. The Balaban J connectivity index is 1.69. The highest BCUT2D eigenvalue weighted by Gasteiger charge is 2.11. The topological polar surface area (TPSA) is 73.6 Å². The summed E-state index contributed by atoms with van der Waals surface area (Å²) in [6.45, 7) is 1.27. The Morgan fingerprint density at radius 1 is 1.10 bits per heavy atom. The predicted molar refractivity (Wildman–Crippen MR) is 79.1 cm³/mol. The lowest BCUT2D eigenvalue weighted by atomic mass is 10.1. The first-order valence-corrected chi connectivity index (χ1v) is 6.72. The van der Waals surface area contributed by atoms with Crippen molar-refractivity contribution in [3.05, 3.63) is 53.6 Å². The molecule has 1 heterocycles. The average Bonchev–Trinajstić information content (AvgIpc) is 2.96. The number of anilines is 1. The molecule has 5 heteroatoms. The van der Waals surface area contributed by atoms with Crippen molar-refractivity contribution in [3.8, 4) is 11.5 Å². The summed E-state index contributed by atoms with van der Waals surface area (Å²) < 4.78 is 11.2. The van der Waals surface area contributed by atoms with Gasteiger partial charge in [0.05, 0.1) is 19.8 Å². The number of nitrogens with two attached hydrogens (primary N) is 1. The first-order chi connectivity index (χ1) is 10.2. The van der Waals surface area contributed by atoms with Crippen LogP contribution in [0.3, 0.4) is 0 Å². The standard InChI is InChI=1S/C16H16N2O3/c17-8-16(19)18-13-2-5-14(6-3-13)21-15-4-1-11-9-20-10-12(11)7-15/h1-7H,8-10,17H2,(H,18,19). The lowest BCUT2D eigenvalue weighted by Gasteiger charge is -2.08. The second kappa shape index (κ2) is 5.95. The van der Waals surface area contributed by atoms with Crippen LogP contribution in [-0.4, -0.2) is 12.5 Å². The molecule has 21 heavy (non-hydrogen) atoms. The minimum atomic E-state index is -0.220. The number of ether oxygens (including phenoxy) is 2. The molecule has 1 aliphatic rings. The molecule has 0 bridgehead atoms. The molecule has 1 aliphatic heterocycles. The number of amides is 1. The average molecular weight is 284 g/mol. The van der Waals surface area contributed by atoms with Crippen LogP contribution in [0.5, 0.6) is 11.5 Å². The molecule has 0 aliphatic carbocycles. The molecule has 0 saturated heterocycles. The molecule has 0 atom stereocenters. The van der Waals surface area contributed by atoms with Gasteiger partial charge in [-0.2, -0.15) is 0 Å². The smallest absolute Gasteiger partial charge is 0.238 e. The lowest BCUT2D eigenvalue weighted by molar-refractivity contribution is -0.114. The number of benzene rings is 2. The molecule has 3 rings (SSSR count). The van der Waals surface area contributed by atoms with Crippen molar-refractivity contribution >= 4 is 11.6 Å². The summed E-state index contributed by atoms with van der Waals surface area (Å²) >= 11 is 0. The molecule has 0 saturated carbocycles. The zero-order valence-electron chi connectivity index (χ0n) is 11.5. The van der Waals surface area contributed by atoms with Gasteiger partial charge in [0.15, 0.2) is 0 Å². The van der Waals surface area contributed by atoms with E-state index in [-0.39, 0.29) is 12.5 Å². The normalized spacial score (nSPS) is 12.8. The molecule has 0 spiro atoms. The zero-order chi connectivity index (χ0) is 14.7. The first-order valence-electron chi connectivity index (χ1n) is 6.72. The van der Waals surface area contributed by atoms with Crippen LogP contribution in [0.4, 0.5) is 5.69 Å². The van der Waals surface area contributed by atoms with Crippen LogP contribution in [0.2, 0.25) is 0 Å². The van der Waals surface area contributed by atoms with E-state index < -0.39 is 0 Å². The fourth-order valence-electron chi connectivity index (χ4n) is 2.17. The highest BCUT2D eigenvalue weighted by Crippen LogP contribution is 2.28. The molecular weight excluding hydrogens is 268 g/mol. The number of hydrogen-bond acceptors (Lipinski definition) is 4. The van der Waals surface area contributed by atoms with Gasteiger partial charge in [0.25, 0.3) is 0 Å². The lowest BCUT2D eigenvalue weighted by Crippen LogP contribution is -2.21. The molecule has 5 nitrogen and oxygen atoms in total. The molecule has 1 amide bonds. The molecule has 0 radical (unpaired) electrons. The van der Waals surface area contributed by atoms with Crippen LogP contribution in [0.15, 0.2) is 42.5 Å². The van der Waals surface area contributed by atoms with Crippen molar-refractivity contribution < 1.29 is 14.3 Å². The summed E-state index contributed by atoms with van der Waals surface area (Å²) in [4.78, 5) is 11.2. The van der Waals surface area contributed by atoms with Crippen molar-refractivity contribution in [2.24, 2.45) is 5.73 Å². The van der Waals surface area contributed by atoms with E-state index in [9.17, 15) is 4.79 Å². The van der Waals surface area contributed by atoms with Crippen LogP contribution < -0.4 is 15.8 Å². The van der Waals surface area contributed by atoms with E-state index in [1.54, 1.807) is 24.3 Å². The Morgan fingerprint density at radius 2 is 1.81 bits per heavy atom. The Labute approximate surface area is 122 Å². The maximum Gasteiger partial charge on any atom is 0.238 e. The molecular formula is C16H16N2O3. The maximum atomic E-state index is 11.2. The van der Waals surface area contributed by atoms with E-state index in [0.29, 0.717) is 24.7 Å². The predicted octanol–water partition coefficient (Wildman–Crippen LogP) is 2.41. The van der Waals surface area contributed by atoms with Gasteiger partial charge in [-0.1, -0.05) is 6.07 Å². The largest absolute Gasteiger partial charge is 0.457 e. The van der Waals surface area contributed by atoms with Gasteiger partial charge < -0.3 is 20.5 Å². The molecule has 2 aromatic rings.